The fourth-order valence-electron chi connectivity index (χ4n) is 2.21. The van der Waals surface area contributed by atoms with Crippen molar-refractivity contribution < 1.29 is 4.79 Å². The molecular formula is C17H17N5O. The molecule has 0 radical (unpaired) electrons. The lowest BCUT2D eigenvalue weighted by Crippen LogP contribution is -2.20. The highest BCUT2D eigenvalue weighted by atomic mass is 16.2. The first-order chi connectivity index (χ1) is 11.1. The van der Waals surface area contributed by atoms with Gasteiger partial charge in [-0.1, -0.05) is 42.0 Å². The van der Waals surface area contributed by atoms with Gasteiger partial charge in [0.05, 0.1) is 0 Å². The van der Waals surface area contributed by atoms with Gasteiger partial charge in [0.2, 0.25) is 11.7 Å². The molecule has 6 nitrogen and oxygen atoms in total. The number of carbonyl (C=O) groups is 1. The first-order valence-electron chi connectivity index (χ1n) is 7.32. The minimum absolute atomic E-state index is 0.0206. The maximum absolute atomic E-state index is 12.0. The number of carbonyl (C=O) groups excluding carboxylic acids is 1. The smallest absolute Gasteiger partial charge is 0.248 e. The average molecular weight is 307 g/mol. The molecule has 0 unspecified atom stereocenters. The van der Waals surface area contributed by atoms with E-state index in [1.807, 2.05) is 62.4 Å². The van der Waals surface area contributed by atoms with E-state index < -0.39 is 0 Å². The van der Waals surface area contributed by atoms with Crippen LogP contribution >= 0.6 is 0 Å². The van der Waals surface area contributed by atoms with Crippen molar-refractivity contribution in [2.24, 2.45) is 0 Å². The normalized spacial score (nSPS) is 10.5. The molecule has 0 spiro atoms. The molecule has 0 saturated carbocycles. The number of amides is 1. The minimum atomic E-state index is -0.192. The number of tetrazole rings is 1. The van der Waals surface area contributed by atoms with E-state index in [1.54, 1.807) is 0 Å². The van der Waals surface area contributed by atoms with Crippen LogP contribution in [0.15, 0.2) is 48.5 Å². The summed E-state index contributed by atoms with van der Waals surface area (Å²) in [7, 11) is 0. The molecule has 0 saturated heterocycles. The number of aromatic nitrogens is 4. The fraction of sp³-hybridized carbons (Fsp3) is 0.176. The molecule has 0 aliphatic rings. The third kappa shape index (κ3) is 3.60. The zero-order valence-corrected chi connectivity index (χ0v) is 13.0. The lowest BCUT2D eigenvalue weighted by molar-refractivity contribution is -0.117. The first kappa shape index (κ1) is 14.9. The largest absolute Gasteiger partial charge is 0.324 e. The van der Waals surface area contributed by atoms with Crippen LogP contribution in [0.2, 0.25) is 0 Å². The van der Waals surface area contributed by atoms with Crippen LogP contribution in [0.1, 0.15) is 11.1 Å². The zero-order valence-electron chi connectivity index (χ0n) is 13.0. The van der Waals surface area contributed by atoms with Crippen molar-refractivity contribution in [2.75, 3.05) is 5.32 Å². The molecule has 1 heterocycles. The highest BCUT2D eigenvalue weighted by Gasteiger charge is 2.10. The first-order valence-corrected chi connectivity index (χ1v) is 7.32. The Morgan fingerprint density at radius 3 is 2.57 bits per heavy atom. The quantitative estimate of drug-likeness (QED) is 0.804. The molecule has 2 aromatic carbocycles. The van der Waals surface area contributed by atoms with E-state index >= 15 is 0 Å². The number of hydrogen-bond donors (Lipinski definition) is 1. The molecule has 3 rings (SSSR count). The van der Waals surface area contributed by atoms with E-state index in [-0.39, 0.29) is 12.5 Å². The van der Waals surface area contributed by atoms with Gasteiger partial charge in [-0.25, -0.2) is 0 Å². The number of nitrogens with one attached hydrogen (secondary N) is 1. The molecule has 0 bridgehead atoms. The van der Waals surface area contributed by atoms with Gasteiger partial charge in [-0.05, 0) is 36.8 Å². The van der Waals surface area contributed by atoms with Crippen molar-refractivity contribution in [3.63, 3.8) is 0 Å². The molecule has 0 atom stereocenters. The van der Waals surface area contributed by atoms with Gasteiger partial charge in [-0.3, -0.25) is 4.79 Å². The van der Waals surface area contributed by atoms with Crippen LogP contribution in [0.4, 0.5) is 5.69 Å². The summed E-state index contributed by atoms with van der Waals surface area (Å²) in [6, 6.07) is 15.4. The molecule has 116 valence electrons. The Morgan fingerprint density at radius 2 is 1.83 bits per heavy atom. The van der Waals surface area contributed by atoms with Crippen LogP contribution in [0.25, 0.3) is 11.4 Å². The van der Waals surface area contributed by atoms with Crippen molar-refractivity contribution in [1.82, 2.24) is 20.2 Å². The third-order valence-corrected chi connectivity index (χ3v) is 3.46. The van der Waals surface area contributed by atoms with Crippen molar-refractivity contribution >= 4 is 11.6 Å². The molecule has 0 aliphatic heterocycles. The average Bonchev–Trinajstić information content (AvgIpc) is 2.98. The lowest BCUT2D eigenvalue weighted by atomic mass is 10.1. The summed E-state index contributed by atoms with van der Waals surface area (Å²) in [5.74, 6) is 0.328. The molecule has 1 aromatic heterocycles. The fourth-order valence-corrected chi connectivity index (χ4v) is 2.21. The van der Waals surface area contributed by atoms with Crippen LogP contribution in [0.3, 0.4) is 0 Å². The topological polar surface area (TPSA) is 72.7 Å². The number of aryl methyl sites for hydroxylation is 2. The third-order valence-electron chi connectivity index (χ3n) is 3.46. The maximum Gasteiger partial charge on any atom is 0.248 e. The van der Waals surface area contributed by atoms with E-state index in [2.05, 4.69) is 20.7 Å². The molecular weight excluding hydrogens is 290 g/mol. The highest BCUT2D eigenvalue weighted by Crippen LogP contribution is 2.17. The van der Waals surface area contributed by atoms with Gasteiger partial charge in [0.1, 0.15) is 6.54 Å². The summed E-state index contributed by atoms with van der Waals surface area (Å²) in [6.07, 6.45) is 0. The maximum atomic E-state index is 12.0. The number of rotatable bonds is 4. The van der Waals surface area contributed by atoms with E-state index in [4.69, 9.17) is 0 Å². The SMILES string of the molecule is Cc1ccc(NC(=O)Cn2nnc(-c3ccccc3C)n2)cc1. The summed E-state index contributed by atoms with van der Waals surface area (Å²) < 4.78 is 0. The Kier molecular flexibility index (Phi) is 4.14. The lowest BCUT2D eigenvalue weighted by Gasteiger charge is -2.04. The van der Waals surface area contributed by atoms with Crippen LogP contribution < -0.4 is 5.32 Å². The van der Waals surface area contributed by atoms with Gasteiger partial charge >= 0.3 is 0 Å². The van der Waals surface area contributed by atoms with Crippen LogP contribution in [0.5, 0.6) is 0 Å². The Balaban J connectivity index is 1.68. The van der Waals surface area contributed by atoms with E-state index in [1.165, 1.54) is 4.80 Å². The van der Waals surface area contributed by atoms with E-state index in [9.17, 15) is 4.79 Å². The summed E-state index contributed by atoms with van der Waals surface area (Å²) >= 11 is 0. The monoisotopic (exact) mass is 307 g/mol. The molecule has 0 aliphatic carbocycles. The van der Waals surface area contributed by atoms with Crippen LogP contribution in [-0.4, -0.2) is 26.1 Å². The van der Waals surface area contributed by atoms with Gasteiger partial charge < -0.3 is 5.32 Å². The molecule has 1 amide bonds. The van der Waals surface area contributed by atoms with Crippen LogP contribution in [-0.2, 0) is 11.3 Å². The standard InChI is InChI=1S/C17H17N5O/c1-12-7-9-14(10-8-12)18-16(23)11-22-20-17(19-21-22)15-6-4-3-5-13(15)2/h3-10H,11H2,1-2H3,(H,18,23). The number of nitrogens with zero attached hydrogens (tertiary/aromatic N) is 4. The second kappa shape index (κ2) is 6.39. The van der Waals surface area contributed by atoms with E-state index in [0.29, 0.717) is 5.82 Å². The molecule has 3 aromatic rings. The predicted molar refractivity (Wildman–Crippen MR) is 87.8 cm³/mol. The highest BCUT2D eigenvalue weighted by molar-refractivity contribution is 5.90. The zero-order chi connectivity index (χ0) is 16.2. The Labute approximate surface area is 134 Å². The van der Waals surface area contributed by atoms with Crippen molar-refractivity contribution in [3.8, 4) is 11.4 Å². The summed E-state index contributed by atoms with van der Waals surface area (Å²) in [4.78, 5) is 13.3. The molecule has 1 N–H and O–H groups in total. The van der Waals surface area contributed by atoms with Crippen molar-refractivity contribution in [3.05, 3.63) is 59.7 Å². The summed E-state index contributed by atoms with van der Waals surface area (Å²) in [6.45, 7) is 4.00. The van der Waals surface area contributed by atoms with Crippen molar-refractivity contribution in [2.45, 2.75) is 20.4 Å². The number of hydrogen-bond acceptors (Lipinski definition) is 4. The van der Waals surface area contributed by atoms with Gasteiger partial charge in [-0.15, -0.1) is 10.2 Å². The molecule has 6 heteroatoms. The Morgan fingerprint density at radius 1 is 1.09 bits per heavy atom. The molecule has 23 heavy (non-hydrogen) atoms. The van der Waals surface area contributed by atoms with Gasteiger partial charge in [0, 0.05) is 11.3 Å². The predicted octanol–water partition coefficient (Wildman–Crippen LogP) is 2.60. The van der Waals surface area contributed by atoms with Crippen LogP contribution in [0, 0.1) is 13.8 Å². The Bertz CT molecular complexity index is 823. The van der Waals surface area contributed by atoms with E-state index in [0.717, 1.165) is 22.4 Å². The Hall–Kier alpha value is -3.02. The second-order valence-corrected chi connectivity index (χ2v) is 5.37. The summed E-state index contributed by atoms with van der Waals surface area (Å²) in [5, 5.41) is 15.0. The number of benzene rings is 2. The van der Waals surface area contributed by atoms with Gasteiger partial charge in [0.25, 0.3) is 0 Å². The minimum Gasteiger partial charge on any atom is -0.324 e. The summed E-state index contributed by atoms with van der Waals surface area (Å²) in [5.41, 5.74) is 3.87. The molecule has 0 fully saturated rings. The van der Waals surface area contributed by atoms with Crippen molar-refractivity contribution in [1.29, 1.82) is 0 Å². The number of anilines is 1. The van der Waals surface area contributed by atoms with Gasteiger partial charge in [-0.2, -0.15) is 4.80 Å². The van der Waals surface area contributed by atoms with Gasteiger partial charge in [0.15, 0.2) is 0 Å². The second-order valence-electron chi connectivity index (χ2n) is 5.37.